The average Bonchev–Trinajstić information content (AvgIpc) is 2.83. The number of ketones is 1. The van der Waals surface area contributed by atoms with E-state index in [0.717, 1.165) is 23.9 Å². The predicted molar refractivity (Wildman–Crippen MR) is 68.0 cm³/mol. The Bertz CT molecular complexity index is 613. The lowest BCUT2D eigenvalue weighted by atomic mass is 10.2. The van der Waals surface area contributed by atoms with Crippen LogP contribution in [0.5, 0.6) is 0 Å². The van der Waals surface area contributed by atoms with E-state index >= 15 is 0 Å². The lowest BCUT2D eigenvalue weighted by Crippen LogP contribution is -2.16. The number of allylic oxidation sites excluding steroid dienone is 2. The summed E-state index contributed by atoms with van der Waals surface area (Å²) in [7, 11) is 0. The van der Waals surface area contributed by atoms with Crippen LogP contribution in [0, 0.1) is 0 Å². The van der Waals surface area contributed by atoms with Crippen molar-refractivity contribution in [2.45, 2.75) is 19.4 Å². The molecule has 1 aromatic carbocycles. The van der Waals surface area contributed by atoms with E-state index in [1.807, 2.05) is 34.9 Å². The first kappa shape index (κ1) is 11.0. The molecule has 0 radical (unpaired) electrons. The fourth-order valence-electron chi connectivity index (χ4n) is 2.12. The first-order chi connectivity index (χ1) is 8.84. The predicted octanol–water partition coefficient (Wildman–Crippen LogP) is 2.30. The van der Waals surface area contributed by atoms with Gasteiger partial charge in [0.2, 0.25) is 5.78 Å². The van der Waals surface area contributed by atoms with Gasteiger partial charge in [-0.05, 0) is 31.1 Å². The highest BCUT2D eigenvalue weighted by Gasteiger charge is 2.15. The molecule has 0 atom stereocenters. The number of para-hydroxylation sites is 2. The van der Waals surface area contributed by atoms with E-state index in [4.69, 9.17) is 4.74 Å². The molecule has 2 heterocycles. The number of hydrogen-bond donors (Lipinski definition) is 0. The third kappa shape index (κ3) is 2.01. The zero-order valence-corrected chi connectivity index (χ0v) is 10.0. The molecule has 0 N–H and O–H groups in total. The van der Waals surface area contributed by atoms with Gasteiger partial charge in [0.1, 0.15) is 0 Å². The molecular formula is C14H14N2O2. The Morgan fingerprint density at radius 1 is 1.39 bits per heavy atom. The van der Waals surface area contributed by atoms with Gasteiger partial charge in [0.25, 0.3) is 0 Å². The number of ether oxygens (including phenoxy) is 1. The van der Waals surface area contributed by atoms with Gasteiger partial charge in [-0.2, -0.15) is 0 Å². The number of hydrogen-bond acceptors (Lipinski definition) is 3. The summed E-state index contributed by atoms with van der Waals surface area (Å²) in [5.41, 5.74) is 1.88. The molecule has 0 amide bonds. The second-order valence-electron chi connectivity index (χ2n) is 4.34. The molecule has 1 aliphatic rings. The lowest BCUT2D eigenvalue weighted by Gasteiger charge is -2.14. The van der Waals surface area contributed by atoms with E-state index in [1.54, 1.807) is 6.33 Å². The monoisotopic (exact) mass is 242 g/mol. The van der Waals surface area contributed by atoms with Crippen LogP contribution in [0.15, 0.2) is 42.4 Å². The summed E-state index contributed by atoms with van der Waals surface area (Å²) in [6.07, 6.45) is 5.49. The van der Waals surface area contributed by atoms with Gasteiger partial charge in [-0.3, -0.25) is 4.79 Å². The zero-order valence-electron chi connectivity index (χ0n) is 10.0. The second kappa shape index (κ2) is 4.64. The number of fused-ring (bicyclic) bond motifs is 1. The number of carbonyl (C=O) groups is 1. The van der Waals surface area contributed by atoms with Gasteiger partial charge in [-0.25, -0.2) is 4.98 Å². The topological polar surface area (TPSA) is 44.1 Å². The highest BCUT2D eigenvalue weighted by molar-refractivity contribution is 5.94. The van der Waals surface area contributed by atoms with Crippen molar-refractivity contribution in [1.82, 2.24) is 9.55 Å². The number of Topliss-reactive ketones (excluding diaryl/α,β-unsaturated/α-hetero) is 1. The van der Waals surface area contributed by atoms with Gasteiger partial charge in [-0.15, -0.1) is 0 Å². The summed E-state index contributed by atoms with van der Waals surface area (Å²) in [5.74, 6) is 0.511. The summed E-state index contributed by atoms with van der Waals surface area (Å²) < 4.78 is 7.24. The van der Waals surface area contributed by atoms with Crippen LogP contribution in [0.1, 0.15) is 12.8 Å². The first-order valence-corrected chi connectivity index (χ1v) is 6.10. The van der Waals surface area contributed by atoms with Crippen molar-refractivity contribution < 1.29 is 9.53 Å². The molecule has 0 saturated carbocycles. The fraction of sp³-hybridized carbons (Fsp3) is 0.286. The third-order valence-corrected chi connectivity index (χ3v) is 3.05. The van der Waals surface area contributed by atoms with E-state index in [2.05, 4.69) is 4.98 Å². The SMILES string of the molecule is O=C(Cn1cnc2ccccc21)C1=CCCCO1. The van der Waals surface area contributed by atoms with Gasteiger partial charge in [0.05, 0.1) is 30.5 Å². The van der Waals surface area contributed by atoms with E-state index < -0.39 is 0 Å². The average molecular weight is 242 g/mol. The van der Waals surface area contributed by atoms with Crippen molar-refractivity contribution in [2.24, 2.45) is 0 Å². The minimum absolute atomic E-state index is 0.0119. The Balaban J connectivity index is 1.84. The van der Waals surface area contributed by atoms with Gasteiger partial charge >= 0.3 is 0 Å². The molecule has 0 bridgehead atoms. The molecule has 1 aliphatic heterocycles. The molecule has 4 heteroatoms. The maximum Gasteiger partial charge on any atom is 0.216 e. The molecule has 0 unspecified atom stereocenters. The molecule has 18 heavy (non-hydrogen) atoms. The van der Waals surface area contributed by atoms with Crippen LogP contribution in [0.25, 0.3) is 11.0 Å². The van der Waals surface area contributed by atoms with Gasteiger partial charge in [0.15, 0.2) is 5.76 Å². The van der Waals surface area contributed by atoms with E-state index in [-0.39, 0.29) is 12.3 Å². The number of benzene rings is 1. The normalized spacial score (nSPS) is 15.2. The van der Waals surface area contributed by atoms with E-state index in [1.165, 1.54) is 0 Å². The quantitative estimate of drug-likeness (QED) is 0.829. The number of carbonyl (C=O) groups excluding carboxylic acids is 1. The van der Waals surface area contributed by atoms with Crippen LogP contribution in [-0.4, -0.2) is 21.9 Å². The van der Waals surface area contributed by atoms with Crippen molar-refractivity contribution in [2.75, 3.05) is 6.61 Å². The second-order valence-corrected chi connectivity index (χ2v) is 4.34. The van der Waals surface area contributed by atoms with Crippen molar-refractivity contribution >= 4 is 16.8 Å². The zero-order chi connectivity index (χ0) is 12.4. The van der Waals surface area contributed by atoms with Gasteiger partial charge in [0, 0.05) is 0 Å². The number of imidazole rings is 1. The highest BCUT2D eigenvalue weighted by Crippen LogP contribution is 2.15. The Labute approximate surface area is 105 Å². The number of aromatic nitrogens is 2. The summed E-state index contributed by atoms with van der Waals surface area (Å²) in [4.78, 5) is 16.3. The molecule has 2 aromatic rings. The van der Waals surface area contributed by atoms with Crippen molar-refractivity contribution in [3.05, 3.63) is 42.4 Å². The molecule has 0 saturated heterocycles. The Morgan fingerprint density at radius 3 is 3.11 bits per heavy atom. The summed E-state index contributed by atoms with van der Waals surface area (Å²) >= 11 is 0. The minimum atomic E-state index is 0.0119. The maximum absolute atomic E-state index is 12.1. The van der Waals surface area contributed by atoms with Crippen LogP contribution in [0.2, 0.25) is 0 Å². The number of nitrogens with zero attached hydrogens (tertiary/aromatic N) is 2. The van der Waals surface area contributed by atoms with Gasteiger partial charge in [-0.1, -0.05) is 12.1 Å². The molecule has 0 fully saturated rings. The first-order valence-electron chi connectivity index (χ1n) is 6.10. The lowest BCUT2D eigenvalue weighted by molar-refractivity contribution is -0.119. The fourth-order valence-corrected chi connectivity index (χ4v) is 2.12. The van der Waals surface area contributed by atoms with E-state index in [9.17, 15) is 4.79 Å². The van der Waals surface area contributed by atoms with Crippen molar-refractivity contribution in [3.63, 3.8) is 0 Å². The van der Waals surface area contributed by atoms with Crippen molar-refractivity contribution in [3.8, 4) is 0 Å². The Morgan fingerprint density at radius 2 is 2.28 bits per heavy atom. The molecule has 4 nitrogen and oxygen atoms in total. The summed E-state index contributed by atoms with van der Waals surface area (Å²) in [6.45, 7) is 0.925. The molecule has 0 spiro atoms. The molecule has 0 aliphatic carbocycles. The largest absolute Gasteiger partial charge is 0.490 e. The standard InChI is InChI=1S/C14H14N2O2/c17-13(14-7-3-4-8-18-14)9-16-10-15-11-5-1-2-6-12(11)16/h1-2,5-7,10H,3-4,8-9H2. The molecule has 92 valence electrons. The highest BCUT2D eigenvalue weighted by atomic mass is 16.5. The minimum Gasteiger partial charge on any atom is -0.490 e. The van der Waals surface area contributed by atoms with E-state index in [0.29, 0.717) is 12.4 Å². The van der Waals surface area contributed by atoms with Gasteiger partial charge < -0.3 is 9.30 Å². The van der Waals surface area contributed by atoms with Crippen LogP contribution in [-0.2, 0) is 16.1 Å². The smallest absolute Gasteiger partial charge is 0.216 e. The molecule has 1 aromatic heterocycles. The maximum atomic E-state index is 12.1. The van der Waals surface area contributed by atoms with Crippen LogP contribution in [0.4, 0.5) is 0 Å². The van der Waals surface area contributed by atoms with Crippen LogP contribution >= 0.6 is 0 Å². The summed E-state index contributed by atoms with van der Waals surface area (Å²) in [5, 5.41) is 0. The summed E-state index contributed by atoms with van der Waals surface area (Å²) in [6, 6.07) is 7.79. The third-order valence-electron chi connectivity index (χ3n) is 3.05. The number of rotatable bonds is 3. The van der Waals surface area contributed by atoms with Crippen LogP contribution in [0.3, 0.4) is 0 Å². The Kier molecular flexibility index (Phi) is 2.84. The van der Waals surface area contributed by atoms with Crippen LogP contribution < -0.4 is 0 Å². The molecular weight excluding hydrogens is 228 g/mol. The Hall–Kier alpha value is -2.10. The van der Waals surface area contributed by atoms with Crippen molar-refractivity contribution in [1.29, 1.82) is 0 Å². The molecule has 3 rings (SSSR count).